The molecular formula is C32H43FN4O3. The molecule has 40 heavy (non-hydrogen) atoms. The molecule has 3 aromatic rings. The van der Waals surface area contributed by atoms with Crippen molar-refractivity contribution in [3.05, 3.63) is 59.3 Å². The zero-order chi connectivity index (χ0) is 28.4. The minimum absolute atomic E-state index is 0.148. The predicted molar refractivity (Wildman–Crippen MR) is 155 cm³/mol. The number of carbonyl (C=O) groups is 1. The van der Waals surface area contributed by atoms with Gasteiger partial charge in [-0.2, -0.15) is 0 Å². The zero-order valence-electron chi connectivity index (χ0n) is 24.3. The number of hydrogen-bond acceptors (Lipinski definition) is 5. The van der Waals surface area contributed by atoms with Crippen molar-refractivity contribution >= 4 is 16.8 Å². The van der Waals surface area contributed by atoms with Gasteiger partial charge in [0.2, 0.25) is 0 Å². The van der Waals surface area contributed by atoms with Gasteiger partial charge in [0.25, 0.3) is 5.91 Å². The summed E-state index contributed by atoms with van der Waals surface area (Å²) in [5.74, 6) is 0.531. The molecule has 216 valence electrons. The van der Waals surface area contributed by atoms with Crippen LogP contribution in [-0.2, 0) is 11.2 Å². The number of aliphatic hydroxyl groups is 1. The van der Waals surface area contributed by atoms with Gasteiger partial charge in [0.05, 0.1) is 29.1 Å². The maximum absolute atomic E-state index is 14.6. The Hall–Kier alpha value is -2.81. The number of ether oxygens (including phenoxy) is 1. The predicted octanol–water partition coefficient (Wildman–Crippen LogP) is 5.00. The summed E-state index contributed by atoms with van der Waals surface area (Å²) in [5, 5.41) is 11.2. The van der Waals surface area contributed by atoms with E-state index < -0.39 is 11.9 Å². The topological polar surface area (TPSA) is 70.8 Å². The van der Waals surface area contributed by atoms with E-state index in [-0.39, 0.29) is 24.1 Å². The van der Waals surface area contributed by atoms with Crippen molar-refractivity contribution in [3.63, 3.8) is 0 Å². The molecule has 2 fully saturated rings. The molecular weight excluding hydrogens is 507 g/mol. The summed E-state index contributed by atoms with van der Waals surface area (Å²) in [6, 6.07) is 4.25. The Morgan fingerprint density at radius 3 is 2.67 bits per heavy atom. The van der Waals surface area contributed by atoms with E-state index >= 15 is 0 Å². The van der Waals surface area contributed by atoms with E-state index in [9.17, 15) is 14.3 Å². The van der Waals surface area contributed by atoms with Gasteiger partial charge in [-0.25, -0.2) is 4.39 Å². The van der Waals surface area contributed by atoms with E-state index in [0.29, 0.717) is 11.6 Å². The lowest BCUT2D eigenvalue weighted by Crippen LogP contribution is -2.41. The minimum atomic E-state index is -0.688. The van der Waals surface area contributed by atoms with Gasteiger partial charge >= 0.3 is 0 Å². The number of amides is 1. The van der Waals surface area contributed by atoms with Crippen LogP contribution in [0.1, 0.15) is 61.5 Å². The molecule has 2 aliphatic heterocycles. The fourth-order valence-electron chi connectivity index (χ4n) is 6.50. The first kappa shape index (κ1) is 28.7. The second kappa shape index (κ2) is 12.4. The van der Waals surface area contributed by atoms with Crippen LogP contribution in [0.25, 0.3) is 16.6 Å². The van der Waals surface area contributed by atoms with E-state index in [1.165, 1.54) is 24.1 Å². The molecule has 2 aliphatic rings. The first-order chi connectivity index (χ1) is 19.2. The number of rotatable bonds is 9. The second-order valence-corrected chi connectivity index (χ2v) is 12.1. The lowest BCUT2D eigenvalue weighted by atomic mass is 9.97. The number of pyridine rings is 1. The molecule has 0 bridgehead atoms. The van der Waals surface area contributed by atoms with Crippen molar-refractivity contribution in [2.75, 3.05) is 39.4 Å². The number of aliphatic hydroxyl groups excluding tert-OH is 1. The van der Waals surface area contributed by atoms with Gasteiger partial charge in [0, 0.05) is 56.7 Å². The SMILES string of the molecule is Cc1cncc2c1c(C[C@@H]1CCN(CC3CCOCC3)C1)cn2-c1ccc(F)cc1C(=O)N(C[C@@H](C)O)C(C)C. The van der Waals surface area contributed by atoms with Crippen LogP contribution < -0.4 is 0 Å². The molecule has 5 rings (SSSR count). The lowest BCUT2D eigenvalue weighted by Gasteiger charge is -2.29. The summed E-state index contributed by atoms with van der Waals surface area (Å²) in [6.45, 7) is 12.9. The smallest absolute Gasteiger partial charge is 0.256 e. The third-order valence-corrected chi connectivity index (χ3v) is 8.51. The Kier molecular flexibility index (Phi) is 8.88. The molecule has 0 unspecified atom stereocenters. The molecule has 2 atom stereocenters. The number of carbonyl (C=O) groups excluding carboxylic acids is 1. The monoisotopic (exact) mass is 550 g/mol. The zero-order valence-corrected chi connectivity index (χ0v) is 24.3. The van der Waals surface area contributed by atoms with Gasteiger partial charge in [-0.05, 0) is 101 Å². The highest BCUT2D eigenvalue weighted by Gasteiger charge is 2.28. The Balaban J connectivity index is 1.46. The molecule has 1 amide bonds. The average Bonchev–Trinajstić information content (AvgIpc) is 3.52. The Labute approximate surface area is 236 Å². The largest absolute Gasteiger partial charge is 0.392 e. The maximum atomic E-state index is 14.6. The molecule has 4 heterocycles. The molecule has 2 saturated heterocycles. The molecule has 1 aromatic carbocycles. The summed E-state index contributed by atoms with van der Waals surface area (Å²) in [5.41, 5.74) is 4.15. The maximum Gasteiger partial charge on any atom is 0.256 e. The third-order valence-electron chi connectivity index (χ3n) is 8.51. The molecule has 8 heteroatoms. The fourth-order valence-corrected chi connectivity index (χ4v) is 6.50. The highest BCUT2D eigenvalue weighted by molar-refractivity contribution is 5.99. The molecule has 0 saturated carbocycles. The van der Waals surface area contributed by atoms with Crippen LogP contribution in [0.5, 0.6) is 0 Å². The number of likely N-dealkylation sites (tertiary alicyclic amines) is 1. The highest BCUT2D eigenvalue weighted by atomic mass is 19.1. The van der Waals surface area contributed by atoms with Gasteiger partial charge in [-0.3, -0.25) is 9.78 Å². The third kappa shape index (κ3) is 6.24. The number of aryl methyl sites for hydroxylation is 1. The molecule has 0 spiro atoms. The van der Waals surface area contributed by atoms with E-state index in [1.807, 2.05) is 30.8 Å². The quantitative estimate of drug-likeness (QED) is 0.406. The van der Waals surface area contributed by atoms with Crippen LogP contribution in [0.3, 0.4) is 0 Å². The first-order valence-electron chi connectivity index (χ1n) is 14.7. The number of halogens is 1. The number of hydrogen-bond donors (Lipinski definition) is 1. The molecule has 1 N–H and O–H groups in total. The van der Waals surface area contributed by atoms with Crippen molar-refractivity contribution < 1.29 is 19.0 Å². The Morgan fingerprint density at radius 1 is 1.18 bits per heavy atom. The van der Waals surface area contributed by atoms with Crippen LogP contribution in [0.15, 0.2) is 36.8 Å². The van der Waals surface area contributed by atoms with Crippen LogP contribution in [0.2, 0.25) is 0 Å². The van der Waals surface area contributed by atoms with E-state index in [0.717, 1.165) is 74.5 Å². The van der Waals surface area contributed by atoms with Crippen LogP contribution in [0, 0.1) is 24.6 Å². The van der Waals surface area contributed by atoms with Gasteiger partial charge in [-0.1, -0.05) is 0 Å². The molecule has 7 nitrogen and oxygen atoms in total. The normalized spacial score (nSPS) is 19.5. The number of fused-ring (bicyclic) bond motifs is 1. The van der Waals surface area contributed by atoms with Crippen molar-refractivity contribution in [1.29, 1.82) is 0 Å². The van der Waals surface area contributed by atoms with Crippen molar-refractivity contribution in [1.82, 2.24) is 19.4 Å². The van der Waals surface area contributed by atoms with E-state index in [1.54, 1.807) is 17.9 Å². The van der Waals surface area contributed by atoms with Crippen molar-refractivity contribution in [2.45, 2.75) is 65.5 Å². The summed E-state index contributed by atoms with van der Waals surface area (Å²) >= 11 is 0. The van der Waals surface area contributed by atoms with Gasteiger partial charge in [0.1, 0.15) is 5.82 Å². The number of benzene rings is 1. The van der Waals surface area contributed by atoms with Crippen molar-refractivity contribution in [2.24, 2.45) is 11.8 Å². The minimum Gasteiger partial charge on any atom is -0.392 e. The van der Waals surface area contributed by atoms with E-state index in [2.05, 4.69) is 23.0 Å². The molecule has 0 aliphatic carbocycles. The summed E-state index contributed by atoms with van der Waals surface area (Å²) in [6.07, 6.45) is 9.60. The molecule has 2 aromatic heterocycles. The van der Waals surface area contributed by atoms with Gasteiger partial charge < -0.3 is 24.2 Å². The first-order valence-corrected chi connectivity index (χ1v) is 14.7. The Morgan fingerprint density at radius 2 is 1.95 bits per heavy atom. The standard InChI is InChI=1S/C32H43FN4O3/c1-21(2)36(17-23(4)38)32(39)28-14-27(33)5-6-29(28)37-20-26(31-22(3)15-34-16-30(31)37)13-25-7-10-35(19-25)18-24-8-11-40-12-9-24/h5-6,14-16,20-21,23-25,38H,7-13,17-19H2,1-4H3/t23-,25+/m1/s1. The highest BCUT2D eigenvalue weighted by Crippen LogP contribution is 2.33. The fraction of sp³-hybridized carbons (Fsp3) is 0.562. The van der Waals surface area contributed by atoms with Gasteiger partial charge in [0.15, 0.2) is 0 Å². The summed E-state index contributed by atoms with van der Waals surface area (Å²) in [7, 11) is 0. The van der Waals surface area contributed by atoms with Crippen LogP contribution in [0.4, 0.5) is 4.39 Å². The Bertz CT molecular complexity index is 1330. The molecule has 0 radical (unpaired) electrons. The number of nitrogens with zero attached hydrogens (tertiary/aromatic N) is 4. The van der Waals surface area contributed by atoms with Crippen molar-refractivity contribution in [3.8, 4) is 5.69 Å². The van der Waals surface area contributed by atoms with E-state index in [4.69, 9.17) is 4.74 Å². The van der Waals surface area contributed by atoms with Crippen LogP contribution in [-0.4, -0.2) is 81.9 Å². The summed E-state index contributed by atoms with van der Waals surface area (Å²) in [4.78, 5) is 22.5. The summed E-state index contributed by atoms with van der Waals surface area (Å²) < 4.78 is 22.1. The van der Waals surface area contributed by atoms with Gasteiger partial charge in [-0.15, -0.1) is 0 Å². The average molecular weight is 551 g/mol. The number of aromatic nitrogens is 2. The second-order valence-electron chi connectivity index (χ2n) is 12.1. The van der Waals surface area contributed by atoms with Crippen LogP contribution >= 0.6 is 0 Å². The lowest BCUT2D eigenvalue weighted by molar-refractivity contribution is 0.0551.